The van der Waals surface area contributed by atoms with Crippen molar-refractivity contribution in [3.63, 3.8) is 0 Å². The number of aliphatic hydroxyl groups is 1. The van der Waals surface area contributed by atoms with Crippen LogP contribution in [0.2, 0.25) is 0 Å². The summed E-state index contributed by atoms with van der Waals surface area (Å²) in [5.41, 5.74) is 0. The summed E-state index contributed by atoms with van der Waals surface area (Å²) in [6, 6.07) is 0. The molecule has 0 spiro atoms. The Kier molecular flexibility index (Phi) is 2.51. The van der Waals surface area contributed by atoms with Crippen LogP contribution < -0.4 is 0 Å². The van der Waals surface area contributed by atoms with Crippen molar-refractivity contribution in [3.05, 3.63) is 22.3 Å². The molecule has 0 amide bonds. The van der Waals surface area contributed by atoms with Gasteiger partial charge in [0.15, 0.2) is 18.2 Å². The van der Waals surface area contributed by atoms with Crippen molar-refractivity contribution in [2.75, 3.05) is 6.54 Å². The molecule has 66 valence electrons. The van der Waals surface area contributed by atoms with Crippen LogP contribution in [0.1, 0.15) is 0 Å². The molecule has 1 heterocycles. The molecule has 0 bridgehead atoms. The molecule has 6 nitrogen and oxygen atoms in total. The molecule has 1 rings (SSSR count). The van der Waals surface area contributed by atoms with E-state index in [1.807, 2.05) is 0 Å². The third kappa shape index (κ3) is 2.11. The maximum atomic E-state index is 10.8. The Morgan fingerprint density at radius 2 is 2.42 bits per heavy atom. The Bertz CT molecular complexity index is 236. The Morgan fingerprint density at radius 3 is 3.00 bits per heavy atom. The molecule has 0 aliphatic carbocycles. The van der Waals surface area contributed by atoms with Crippen molar-refractivity contribution < 1.29 is 19.6 Å². The molecule has 2 unspecified atom stereocenters. The van der Waals surface area contributed by atoms with Gasteiger partial charge in [-0.05, 0) is 12.2 Å². The van der Waals surface area contributed by atoms with Gasteiger partial charge in [0.1, 0.15) is 0 Å². The topological polar surface area (TPSA) is 89.7 Å². The number of nitrogens with zero attached hydrogens (tertiary/aromatic N) is 1. The standard InChI is InChI=1S/C6H7NO5/c8-4-1-2-6(9)12-5(4)3-7(10)11/h1-2,5-6,9H,3H2. The number of rotatable bonds is 2. The Hall–Kier alpha value is -1.27. The first-order valence-electron chi connectivity index (χ1n) is 3.27. The van der Waals surface area contributed by atoms with Gasteiger partial charge in [0.05, 0.1) is 0 Å². The van der Waals surface area contributed by atoms with Crippen LogP contribution >= 0.6 is 0 Å². The van der Waals surface area contributed by atoms with E-state index in [2.05, 4.69) is 4.74 Å². The molecule has 6 heteroatoms. The molecule has 0 radical (unpaired) electrons. The summed E-state index contributed by atoms with van der Waals surface area (Å²) in [4.78, 5) is 20.2. The van der Waals surface area contributed by atoms with Crippen LogP contribution in [0.15, 0.2) is 12.2 Å². The third-order valence-electron chi connectivity index (χ3n) is 1.36. The lowest BCUT2D eigenvalue weighted by Gasteiger charge is -2.17. The van der Waals surface area contributed by atoms with Crippen molar-refractivity contribution in [1.82, 2.24) is 0 Å². The van der Waals surface area contributed by atoms with E-state index in [1.54, 1.807) is 0 Å². The molecule has 0 aromatic carbocycles. The fraction of sp³-hybridized carbons (Fsp3) is 0.500. The molecular formula is C6H7NO5. The van der Waals surface area contributed by atoms with Crippen LogP contribution in [0, 0.1) is 10.1 Å². The number of carbonyl (C=O) groups excluding carboxylic acids is 1. The van der Waals surface area contributed by atoms with E-state index in [0.717, 1.165) is 12.2 Å². The number of aliphatic hydroxyl groups excluding tert-OH is 1. The molecule has 0 aromatic rings. The van der Waals surface area contributed by atoms with E-state index < -0.39 is 29.6 Å². The summed E-state index contributed by atoms with van der Waals surface area (Å²) >= 11 is 0. The van der Waals surface area contributed by atoms with Gasteiger partial charge in [-0.1, -0.05) is 0 Å². The molecule has 0 fully saturated rings. The largest absolute Gasteiger partial charge is 0.365 e. The van der Waals surface area contributed by atoms with E-state index in [-0.39, 0.29) is 0 Å². The summed E-state index contributed by atoms with van der Waals surface area (Å²) in [7, 11) is 0. The highest BCUT2D eigenvalue weighted by Crippen LogP contribution is 2.07. The highest BCUT2D eigenvalue weighted by molar-refractivity contribution is 5.94. The fourth-order valence-corrected chi connectivity index (χ4v) is 0.834. The van der Waals surface area contributed by atoms with Gasteiger partial charge in [0.25, 0.3) is 0 Å². The molecular weight excluding hydrogens is 166 g/mol. The predicted molar refractivity (Wildman–Crippen MR) is 36.9 cm³/mol. The van der Waals surface area contributed by atoms with Gasteiger partial charge in [0, 0.05) is 4.92 Å². The van der Waals surface area contributed by atoms with Gasteiger partial charge in [0.2, 0.25) is 6.54 Å². The predicted octanol–water partition coefficient (Wildman–Crippen LogP) is -0.894. The Labute approximate surface area is 67.6 Å². The van der Waals surface area contributed by atoms with Gasteiger partial charge in [-0.15, -0.1) is 0 Å². The molecule has 2 atom stereocenters. The first-order chi connectivity index (χ1) is 5.59. The Balaban J connectivity index is 2.60. The molecule has 1 N–H and O–H groups in total. The number of nitro groups is 1. The quantitative estimate of drug-likeness (QED) is 0.432. The molecule has 1 aliphatic rings. The zero-order chi connectivity index (χ0) is 9.14. The van der Waals surface area contributed by atoms with E-state index in [9.17, 15) is 14.9 Å². The summed E-state index contributed by atoms with van der Waals surface area (Å²) < 4.78 is 4.59. The lowest BCUT2D eigenvalue weighted by Crippen LogP contribution is -2.36. The smallest absolute Gasteiger partial charge is 0.237 e. The van der Waals surface area contributed by atoms with E-state index >= 15 is 0 Å². The minimum atomic E-state index is -1.22. The maximum Gasteiger partial charge on any atom is 0.237 e. The number of hydrogen-bond acceptors (Lipinski definition) is 5. The van der Waals surface area contributed by atoms with Crippen molar-refractivity contribution in [1.29, 1.82) is 0 Å². The normalized spacial score (nSPS) is 28.9. The second-order valence-corrected chi connectivity index (χ2v) is 2.29. The summed E-state index contributed by atoms with van der Waals surface area (Å²) in [6.07, 6.45) is -0.145. The van der Waals surface area contributed by atoms with Crippen LogP contribution in [0.5, 0.6) is 0 Å². The Morgan fingerprint density at radius 1 is 1.75 bits per heavy atom. The first-order valence-corrected chi connectivity index (χ1v) is 3.27. The van der Waals surface area contributed by atoms with Crippen LogP contribution in [-0.4, -0.2) is 34.8 Å². The zero-order valence-electron chi connectivity index (χ0n) is 6.04. The molecule has 0 aromatic heterocycles. The second-order valence-electron chi connectivity index (χ2n) is 2.29. The zero-order valence-corrected chi connectivity index (χ0v) is 6.04. The highest BCUT2D eigenvalue weighted by atomic mass is 16.6. The summed E-state index contributed by atoms with van der Waals surface area (Å²) in [5, 5.41) is 18.8. The number of ether oxygens (including phenoxy) is 1. The van der Waals surface area contributed by atoms with Gasteiger partial charge < -0.3 is 9.84 Å². The van der Waals surface area contributed by atoms with Crippen molar-refractivity contribution >= 4 is 5.78 Å². The monoisotopic (exact) mass is 173 g/mol. The number of carbonyl (C=O) groups is 1. The van der Waals surface area contributed by atoms with Crippen LogP contribution in [-0.2, 0) is 9.53 Å². The third-order valence-corrected chi connectivity index (χ3v) is 1.36. The van der Waals surface area contributed by atoms with Crippen LogP contribution in [0.3, 0.4) is 0 Å². The van der Waals surface area contributed by atoms with E-state index in [4.69, 9.17) is 5.11 Å². The molecule has 1 aliphatic heterocycles. The van der Waals surface area contributed by atoms with Crippen LogP contribution in [0.25, 0.3) is 0 Å². The summed E-state index contributed by atoms with van der Waals surface area (Å²) in [5.74, 6) is -0.489. The lowest BCUT2D eigenvalue weighted by molar-refractivity contribution is -0.490. The maximum absolute atomic E-state index is 10.8. The number of ketones is 1. The average molecular weight is 173 g/mol. The van der Waals surface area contributed by atoms with Gasteiger partial charge in [-0.25, -0.2) is 0 Å². The highest BCUT2D eigenvalue weighted by Gasteiger charge is 2.28. The fourth-order valence-electron chi connectivity index (χ4n) is 0.834. The molecule has 0 saturated heterocycles. The second kappa shape index (κ2) is 3.42. The SMILES string of the molecule is O=C1C=CC(O)OC1C[N+](=O)[O-]. The first kappa shape index (κ1) is 8.82. The van der Waals surface area contributed by atoms with E-state index in [0.29, 0.717) is 0 Å². The average Bonchev–Trinajstić information content (AvgIpc) is 1.96. The lowest BCUT2D eigenvalue weighted by atomic mass is 10.2. The molecule has 0 saturated carbocycles. The molecule has 12 heavy (non-hydrogen) atoms. The van der Waals surface area contributed by atoms with Crippen LogP contribution in [0.4, 0.5) is 0 Å². The van der Waals surface area contributed by atoms with Crippen molar-refractivity contribution in [3.8, 4) is 0 Å². The summed E-state index contributed by atoms with van der Waals surface area (Å²) in [6.45, 7) is -0.611. The minimum Gasteiger partial charge on any atom is -0.365 e. The van der Waals surface area contributed by atoms with Crippen molar-refractivity contribution in [2.45, 2.75) is 12.4 Å². The number of hydrogen-bond donors (Lipinski definition) is 1. The van der Waals surface area contributed by atoms with Gasteiger partial charge in [-0.2, -0.15) is 0 Å². The van der Waals surface area contributed by atoms with Crippen molar-refractivity contribution in [2.24, 2.45) is 0 Å². The minimum absolute atomic E-state index is 0.489. The van der Waals surface area contributed by atoms with Gasteiger partial charge in [-0.3, -0.25) is 14.9 Å². The van der Waals surface area contributed by atoms with Gasteiger partial charge >= 0.3 is 0 Å². The van der Waals surface area contributed by atoms with E-state index in [1.165, 1.54) is 0 Å².